The second-order valence-electron chi connectivity index (χ2n) is 7.09. The molecule has 6 nitrogen and oxygen atoms in total. The minimum Gasteiger partial charge on any atom is -0.338 e. The van der Waals surface area contributed by atoms with Gasteiger partial charge in [0.2, 0.25) is 11.7 Å². The maximum atomic E-state index is 5.94. The van der Waals surface area contributed by atoms with Gasteiger partial charge < -0.3 is 4.52 Å². The number of nitrogens with zero attached hydrogens (tertiary/aromatic N) is 5. The van der Waals surface area contributed by atoms with E-state index < -0.39 is 0 Å². The van der Waals surface area contributed by atoms with Crippen LogP contribution in [0.2, 0.25) is 5.02 Å². The quantitative estimate of drug-likeness (QED) is 0.458. The summed E-state index contributed by atoms with van der Waals surface area (Å²) in [4.78, 5) is 6.65. The van der Waals surface area contributed by atoms with Crippen LogP contribution in [-0.4, -0.2) is 31.9 Å². The molecule has 2 aromatic heterocycles. The molecule has 0 amide bonds. The Morgan fingerprint density at radius 2 is 1.72 bits per heavy atom. The van der Waals surface area contributed by atoms with E-state index in [1.807, 2.05) is 61.1 Å². The van der Waals surface area contributed by atoms with Crippen molar-refractivity contribution < 1.29 is 4.52 Å². The van der Waals surface area contributed by atoms with Crippen LogP contribution >= 0.6 is 11.6 Å². The van der Waals surface area contributed by atoms with Gasteiger partial charge in [-0.2, -0.15) is 10.1 Å². The van der Waals surface area contributed by atoms with Crippen LogP contribution in [0, 0.1) is 13.8 Å². The smallest absolute Gasteiger partial charge is 0.241 e. The first-order valence-corrected chi connectivity index (χ1v) is 9.76. The minimum atomic E-state index is 0.552. The van der Waals surface area contributed by atoms with Gasteiger partial charge in [0.05, 0.1) is 17.9 Å². The molecular formula is C22H22ClN5O. The van der Waals surface area contributed by atoms with E-state index in [1.165, 1.54) is 5.56 Å². The normalized spacial score (nSPS) is 11.3. The van der Waals surface area contributed by atoms with E-state index in [0.717, 1.165) is 29.2 Å². The highest BCUT2D eigenvalue weighted by Crippen LogP contribution is 2.21. The second kappa shape index (κ2) is 8.19. The summed E-state index contributed by atoms with van der Waals surface area (Å²) in [5.41, 5.74) is 5.29. The van der Waals surface area contributed by atoms with E-state index in [1.54, 1.807) is 0 Å². The standard InChI is InChI=1S/C22H22ClN5O/c1-15-20(16(2)28(25-15)19-7-5-4-6-8-19)13-27(3)14-21-24-22(26-29-21)17-9-11-18(23)12-10-17/h4-12H,13-14H2,1-3H3. The van der Waals surface area contributed by atoms with Crippen molar-refractivity contribution >= 4 is 11.6 Å². The predicted octanol–water partition coefficient (Wildman–Crippen LogP) is 4.82. The van der Waals surface area contributed by atoms with Gasteiger partial charge in [-0.25, -0.2) is 4.68 Å². The molecule has 4 aromatic rings. The molecule has 148 valence electrons. The van der Waals surface area contributed by atoms with Crippen LogP contribution in [0.25, 0.3) is 17.1 Å². The Hall–Kier alpha value is -2.96. The number of hydrogen-bond acceptors (Lipinski definition) is 5. The summed E-state index contributed by atoms with van der Waals surface area (Å²) in [6, 6.07) is 17.6. The van der Waals surface area contributed by atoms with E-state index in [9.17, 15) is 0 Å². The summed E-state index contributed by atoms with van der Waals surface area (Å²) >= 11 is 5.94. The third kappa shape index (κ3) is 4.23. The largest absolute Gasteiger partial charge is 0.338 e. The first-order valence-electron chi connectivity index (χ1n) is 9.39. The zero-order valence-electron chi connectivity index (χ0n) is 16.6. The third-order valence-electron chi connectivity index (χ3n) is 4.85. The van der Waals surface area contributed by atoms with Crippen molar-refractivity contribution in [2.24, 2.45) is 0 Å². The topological polar surface area (TPSA) is 60.0 Å². The Balaban J connectivity index is 1.47. The van der Waals surface area contributed by atoms with Crippen molar-refractivity contribution in [3.63, 3.8) is 0 Å². The Bertz CT molecular complexity index is 1100. The number of aromatic nitrogens is 4. The van der Waals surface area contributed by atoms with Crippen LogP contribution in [0.1, 0.15) is 22.8 Å². The average Bonchev–Trinajstić information content (AvgIpc) is 3.29. The molecule has 0 saturated carbocycles. The molecule has 29 heavy (non-hydrogen) atoms. The molecule has 2 heterocycles. The van der Waals surface area contributed by atoms with Gasteiger partial charge in [0.1, 0.15) is 0 Å². The highest BCUT2D eigenvalue weighted by molar-refractivity contribution is 6.30. The molecule has 0 aliphatic carbocycles. The maximum Gasteiger partial charge on any atom is 0.241 e. The van der Waals surface area contributed by atoms with Gasteiger partial charge in [-0.05, 0) is 57.3 Å². The molecule has 0 unspecified atom stereocenters. The lowest BCUT2D eigenvalue weighted by molar-refractivity contribution is 0.260. The van der Waals surface area contributed by atoms with Crippen molar-refractivity contribution in [3.8, 4) is 17.1 Å². The van der Waals surface area contributed by atoms with Gasteiger partial charge in [0.25, 0.3) is 0 Å². The Kier molecular flexibility index (Phi) is 5.47. The Labute approximate surface area is 174 Å². The zero-order valence-corrected chi connectivity index (χ0v) is 17.4. The molecule has 4 rings (SSSR count). The molecule has 0 saturated heterocycles. The lowest BCUT2D eigenvalue weighted by Crippen LogP contribution is -2.18. The second-order valence-corrected chi connectivity index (χ2v) is 7.52. The highest BCUT2D eigenvalue weighted by Gasteiger charge is 2.16. The van der Waals surface area contributed by atoms with E-state index >= 15 is 0 Å². The van der Waals surface area contributed by atoms with Crippen LogP contribution in [0.5, 0.6) is 0 Å². The summed E-state index contributed by atoms with van der Waals surface area (Å²) in [5.74, 6) is 1.14. The van der Waals surface area contributed by atoms with Gasteiger partial charge in [-0.3, -0.25) is 4.90 Å². The van der Waals surface area contributed by atoms with Crippen LogP contribution in [0.4, 0.5) is 0 Å². The van der Waals surface area contributed by atoms with Gasteiger partial charge in [0, 0.05) is 28.4 Å². The number of para-hydroxylation sites is 1. The van der Waals surface area contributed by atoms with E-state index in [0.29, 0.717) is 23.3 Å². The summed E-state index contributed by atoms with van der Waals surface area (Å²) in [6.07, 6.45) is 0. The predicted molar refractivity (Wildman–Crippen MR) is 113 cm³/mol. The van der Waals surface area contributed by atoms with Crippen LogP contribution < -0.4 is 0 Å². The molecule has 0 radical (unpaired) electrons. The molecule has 0 spiro atoms. The summed E-state index contributed by atoms with van der Waals surface area (Å²) in [5, 5.41) is 9.48. The number of aryl methyl sites for hydroxylation is 1. The monoisotopic (exact) mass is 407 g/mol. The number of hydrogen-bond donors (Lipinski definition) is 0. The first kappa shape index (κ1) is 19.4. The van der Waals surface area contributed by atoms with Gasteiger partial charge in [-0.15, -0.1) is 0 Å². The lowest BCUT2D eigenvalue weighted by Gasteiger charge is -2.14. The van der Waals surface area contributed by atoms with Crippen LogP contribution in [-0.2, 0) is 13.1 Å². The SMILES string of the molecule is Cc1nn(-c2ccccc2)c(C)c1CN(C)Cc1nc(-c2ccc(Cl)cc2)no1. The molecule has 0 fully saturated rings. The third-order valence-corrected chi connectivity index (χ3v) is 5.10. The summed E-state index contributed by atoms with van der Waals surface area (Å²) in [7, 11) is 2.03. The minimum absolute atomic E-state index is 0.552. The fourth-order valence-electron chi connectivity index (χ4n) is 3.32. The first-order chi connectivity index (χ1) is 14.0. The van der Waals surface area contributed by atoms with Crippen molar-refractivity contribution in [1.29, 1.82) is 0 Å². The molecule has 0 N–H and O–H groups in total. The lowest BCUT2D eigenvalue weighted by atomic mass is 10.2. The number of halogens is 1. The Morgan fingerprint density at radius 3 is 2.45 bits per heavy atom. The van der Waals surface area contributed by atoms with Crippen molar-refractivity contribution in [2.75, 3.05) is 7.05 Å². The molecule has 0 aliphatic heterocycles. The number of benzene rings is 2. The maximum absolute atomic E-state index is 5.94. The molecule has 0 aliphatic rings. The summed E-state index contributed by atoms with van der Waals surface area (Å²) < 4.78 is 7.43. The molecule has 0 atom stereocenters. The molecule has 0 bridgehead atoms. The van der Waals surface area contributed by atoms with Crippen molar-refractivity contribution in [1.82, 2.24) is 24.8 Å². The zero-order chi connectivity index (χ0) is 20.4. The highest BCUT2D eigenvalue weighted by atomic mass is 35.5. The fourth-order valence-corrected chi connectivity index (χ4v) is 3.44. The van der Waals surface area contributed by atoms with Gasteiger partial charge in [0.15, 0.2) is 0 Å². The fraction of sp³-hybridized carbons (Fsp3) is 0.227. The van der Waals surface area contributed by atoms with E-state index in [2.05, 4.69) is 34.1 Å². The molecule has 7 heteroatoms. The molecular weight excluding hydrogens is 386 g/mol. The van der Waals surface area contributed by atoms with E-state index in [4.69, 9.17) is 21.2 Å². The summed E-state index contributed by atoms with van der Waals surface area (Å²) in [6.45, 7) is 5.43. The number of rotatable bonds is 6. The van der Waals surface area contributed by atoms with Crippen LogP contribution in [0.15, 0.2) is 59.1 Å². The van der Waals surface area contributed by atoms with E-state index in [-0.39, 0.29) is 0 Å². The van der Waals surface area contributed by atoms with Gasteiger partial charge >= 0.3 is 0 Å². The molecule has 2 aromatic carbocycles. The van der Waals surface area contributed by atoms with Crippen LogP contribution in [0.3, 0.4) is 0 Å². The Morgan fingerprint density at radius 1 is 1.00 bits per heavy atom. The average molecular weight is 408 g/mol. The van der Waals surface area contributed by atoms with Gasteiger partial charge in [-0.1, -0.05) is 35.0 Å². The van der Waals surface area contributed by atoms with Crippen molar-refractivity contribution in [2.45, 2.75) is 26.9 Å². The van der Waals surface area contributed by atoms with Crippen molar-refractivity contribution in [3.05, 3.63) is 82.5 Å².